The molecule has 1 unspecified atom stereocenters. The van der Waals surface area contributed by atoms with Gasteiger partial charge in [0.25, 0.3) is 0 Å². The zero-order valence-corrected chi connectivity index (χ0v) is 19.2. The number of rotatable bonds is 7. The van der Waals surface area contributed by atoms with Gasteiger partial charge in [-0.05, 0) is 36.8 Å². The van der Waals surface area contributed by atoms with Crippen molar-refractivity contribution in [1.82, 2.24) is 5.32 Å². The van der Waals surface area contributed by atoms with Crippen LogP contribution in [0, 0.1) is 0 Å². The molecule has 9 nitrogen and oxygen atoms in total. The van der Waals surface area contributed by atoms with E-state index in [1.807, 2.05) is 42.5 Å². The maximum absolute atomic E-state index is 12.1. The van der Waals surface area contributed by atoms with Gasteiger partial charge in [0.15, 0.2) is 4.90 Å². The van der Waals surface area contributed by atoms with Gasteiger partial charge in [-0.1, -0.05) is 30.3 Å². The Morgan fingerprint density at radius 1 is 1.06 bits per heavy atom. The first-order chi connectivity index (χ1) is 14.5. The smallest absolute Gasteiger partial charge is 0.408 e. The van der Waals surface area contributed by atoms with E-state index in [0.717, 1.165) is 12.7 Å². The highest BCUT2D eigenvalue weighted by molar-refractivity contribution is 7.95. The number of hydrogen-bond donors (Lipinski definition) is 1. The lowest BCUT2D eigenvalue weighted by atomic mass is 10.2. The summed E-state index contributed by atoms with van der Waals surface area (Å²) >= 11 is 0. The number of nitrogens with one attached hydrogen (secondary N) is 1. The van der Waals surface area contributed by atoms with E-state index in [4.69, 9.17) is 9.47 Å². The summed E-state index contributed by atoms with van der Waals surface area (Å²) in [6, 6.07) is 15.9. The molecule has 2 aromatic rings. The second-order valence-electron chi connectivity index (χ2n) is 6.21. The first kappa shape index (κ1) is 26.4. The third kappa shape index (κ3) is 11.4. The summed E-state index contributed by atoms with van der Waals surface area (Å²) in [4.78, 5) is 25.0. The van der Waals surface area contributed by atoms with Gasteiger partial charge in [-0.3, -0.25) is 4.18 Å². The van der Waals surface area contributed by atoms with Crippen LogP contribution in [0.25, 0.3) is 0 Å². The topological polar surface area (TPSA) is 131 Å². The van der Waals surface area contributed by atoms with E-state index >= 15 is 0 Å². The number of amides is 1. The average molecular weight is 472 g/mol. The Balaban J connectivity index is 0.000000703. The van der Waals surface area contributed by atoms with Gasteiger partial charge in [0, 0.05) is 10.9 Å². The summed E-state index contributed by atoms with van der Waals surface area (Å²) in [5.41, 5.74) is 0.874. The van der Waals surface area contributed by atoms with Crippen molar-refractivity contribution in [2.24, 2.45) is 0 Å². The maximum Gasteiger partial charge on any atom is 0.408 e. The van der Waals surface area contributed by atoms with Crippen LogP contribution in [0.5, 0.6) is 5.75 Å². The molecule has 2 rings (SSSR count). The molecule has 0 spiro atoms. The Morgan fingerprint density at radius 2 is 1.61 bits per heavy atom. The molecule has 0 aliphatic carbocycles. The van der Waals surface area contributed by atoms with Crippen LogP contribution in [0.4, 0.5) is 4.79 Å². The van der Waals surface area contributed by atoms with E-state index in [9.17, 15) is 22.6 Å². The second-order valence-corrected chi connectivity index (χ2v) is 9.47. The number of alkyl carbamates (subject to hydrolysis) is 1. The van der Waals surface area contributed by atoms with Crippen molar-refractivity contribution in [3.8, 4) is 5.75 Å². The molecule has 1 atom stereocenters. The van der Waals surface area contributed by atoms with Gasteiger partial charge in [-0.15, -0.1) is 0 Å². The molecule has 31 heavy (non-hydrogen) atoms. The fraction of sp³-hybridized carbons (Fsp3) is 0.300. The Hall–Kier alpha value is -2.60. The lowest BCUT2D eigenvalue weighted by molar-refractivity contribution is -0.136. The lowest BCUT2D eigenvalue weighted by Gasteiger charge is -2.13. The number of hydrogen-bond acceptors (Lipinski definition) is 8. The van der Waals surface area contributed by atoms with Crippen molar-refractivity contribution in [1.29, 1.82) is 0 Å². The van der Waals surface area contributed by atoms with Gasteiger partial charge in [0.05, 0.1) is 7.11 Å². The zero-order chi connectivity index (χ0) is 23.4. The Morgan fingerprint density at radius 3 is 2.10 bits per heavy atom. The van der Waals surface area contributed by atoms with Gasteiger partial charge >= 0.3 is 12.1 Å². The monoisotopic (exact) mass is 471 g/mol. The summed E-state index contributed by atoms with van der Waals surface area (Å²) in [7, 11) is -3.45. The minimum absolute atomic E-state index is 0.145. The summed E-state index contributed by atoms with van der Waals surface area (Å²) < 4.78 is 41.4. The number of carbonyl (C=O) groups excluding carboxylic acids is 2. The van der Waals surface area contributed by atoms with Crippen molar-refractivity contribution >= 4 is 33.4 Å². The molecule has 0 saturated heterocycles. The van der Waals surface area contributed by atoms with Crippen LogP contribution in [0.15, 0.2) is 59.5 Å². The SMILES string of the molecule is CC(NC(=O)OCc1ccccc1)C(=O)Oc1ccc([S+](C)C)cc1.COS(=O)(=O)[O-]. The highest BCUT2D eigenvalue weighted by Crippen LogP contribution is 2.16. The number of ether oxygens (including phenoxy) is 2. The molecule has 11 heteroatoms. The molecule has 2 aromatic carbocycles. The number of benzene rings is 2. The highest BCUT2D eigenvalue weighted by atomic mass is 32.3. The molecule has 0 aromatic heterocycles. The van der Waals surface area contributed by atoms with E-state index in [-0.39, 0.29) is 17.5 Å². The number of esters is 1. The van der Waals surface area contributed by atoms with Crippen LogP contribution in [-0.4, -0.2) is 50.7 Å². The predicted octanol–water partition coefficient (Wildman–Crippen LogP) is 2.24. The molecular weight excluding hydrogens is 446 g/mol. The Bertz CT molecular complexity index is 931. The van der Waals surface area contributed by atoms with Gasteiger partial charge in [-0.25, -0.2) is 18.0 Å². The third-order valence-corrected chi connectivity index (χ3v) is 5.24. The summed E-state index contributed by atoms with van der Waals surface area (Å²) in [5, 5.41) is 2.47. The first-order valence-electron chi connectivity index (χ1n) is 8.90. The molecule has 0 radical (unpaired) electrons. The highest BCUT2D eigenvalue weighted by Gasteiger charge is 2.19. The minimum Gasteiger partial charge on any atom is -0.726 e. The number of carbonyl (C=O) groups is 2. The average Bonchev–Trinajstić information content (AvgIpc) is 2.73. The fourth-order valence-electron chi connectivity index (χ4n) is 1.98. The Kier molecular flexibility index (Phi) is 11.0. The van der Waals surface area contributed by atoms with Crippen LogP contribution in [0.1, 0.15) is 12.5 Å². The van der Waals surface area contributed by atoms with Crippen LogP contribution in [-0.2, 0) is 41.6 Å². The standard InChI is InChI=1S/C19H21NO4S.CH4O4S/c1-14(20-19(22)23-13-15-7-5-4-6-8-15)18(21)24-16-9-11-17(12-10-16)25(2)3;1-5-6(2,3)4/h4-12,14H,13H2,1-3H3;1H3,(H,2,3,4). The van der Waals surface area contributed by atoms with Crippen LogP contribution < -0.4 is 10.1 Å². The fourth-order valence-corrected chi connectivity index (χ4v) is 2.67. The van der Waals surface area contributed by atoms with E-state index in [2.05, 4.69) is 22.0 Å². The molecule has 0 aliphatic heterocycles. The molecule has 170 valence electrons. The van der Waals surface area contributed by atoms with Crippen LogP contribution >= 0.6 is 0 Å². The van der Waals surface area contributed by atoms with E-state index in [0.29, 0.717) is 5.75 Å². The molecule has 0 saturated carbocycles. The van der Waals surface area contributed by atoms with Gasteiger partial charge < -0.3 is 19.3 Å². The van der Waals surface area contributed by atoms with E-state index < -0.39 is 28.5 Å². The molecule has 0 aliphatic rings. The third-order valence-electron chi connectivity index (χ3n) is 3.62. The molecule has 0 bridgehead atoms. The van der Waals surface area contributed by atoms with Crippen LogP contribution in [0.3, 0.4) is 0 Å². The molecule has 0 heterocycles. The molecular formula is C20H25NO8S2. The molecule has 1 N–H and O–H groups in total. The summed E-state index contributed by atoms with van der Waals surface area (Å²) in [6.45, 7) is 1.70. The van der Waals surface area contributed by atoms with Crippen molar-refractivity contribution in [3.05, 3.63) is 60.2 Å². The lowest BCUT2D eigenvalue weighted by Crippen LogP contribution is -2.41. The zero-order valence-electron chi connectivity index (χ0n) is 17.6. The van der Waals surface area contributed by atoms with Crippen molar-refractivity contribution in [3.63, 3.8) is 0 Å². The maximum atomic E-state index is 12.1. The van der Waals surface area contributed by atoms with Crippen molar-refractivity contribution < 1.29 is 36.2 Å². The Labute approximate surface area is 185 Å². The van der Waals surface area contributed by atoms with Gasteiger partial charge in [0.2, 0.25) is 10.4 Å². The van der Waals surface area contributed by atoms with Gasteiger partial charge in [-0.2, -0.15) is 0 Å². The first-order valence-corrected chi connectivity index (χ1v) is 12.3. The van der Waals surface area contributed by atoms with E-state index in [1.165, 1.54) is 4.90 Å². The van der Waals surface area contributed by atoms with Gasteiger partial charge in [0.1, 0.15) is 30.9 Å². The van der Waals surface area contributed by atoms with Crippen molar-refractivity contribution in [2.45, 2.75) is 24.5 Å². The predicted molar refractivity (Wildman–Crippen MR) is 115 cm³/mol. The largest absolute Gasteiger partial charge is 0.726 e. The summed E-state index contributed by atoms with van der Waals surface area (Å²) in [6.07, 6.45) is 3.58. The second kappa shape index (κ2) is 13.0. The molecule has 1 amide bonds. The molecule has 0 fully saturated rings. The van der Waals surface area contributed by atoms with Crippen LogP contribution in [0.2, 0.25) is 0 Å². The minimum atomic E-state index is -4.41. The summed E-state index contributed by atoms with van der Waals surface area (Å²) in [5.74, 6) is -0.0955. The van der Waals surface area contributed by atoms with E-state index in [1.54, 1.807) is 19.1 Å². The normalized spacial score (nSPS) is 11.7. The quantitative estimate of drug-likeness (QED) is 0.214. The van der Waals surface area contributed by atoms with Crippen molar-refractivity contribution in [2.75, 3.05) is 19.6 Å².